The highest BCUT2D eigenvalue weighted by atomic mass is 16.4. The van der Waals surface area contributed by atoms with Gasteiger partial charge < -0.3 is 10.1 Å². The Morgan fingerprint density at radius 3 is 2.84 bits per heavy atom. The van der Waals surface area contributed by atoms with Gasteiger partial charge in [0.15, 0.2) is 0 Å². The maximum absolute atomic E-state index is 12.0. The molecule has 0 aliphatic rings. The van der Waals surface area contributed by atoms with Crippen LogP contribution in [0.5, 0.6) is 0 Å². The van der Waals surface area contributed by atoms with Gasteiger partial charge in [-0.1, -0.05) is 0 Å². The van der Waals surface area contributed by atoms with Gasteiger partial charge in [0.25, 0.3) is 0 Å². The van der Waals surface area contributed by atoms with Gasteiger partial charge >= 0.3 is 11.7 Å². The van der Waals surface area contributed by atoms with E-state index in [1.54, 1.807) is 30.2 Å². The summed E-state index contributed by atoms with van der Waals surface area (Å²) in [6, 6.07) is 4.50. The number of nitrogens with zero attached hydrogens (tertiary/aromatic N) is 3. The average molecular weight is 258 g/mol. The zero-order chi connectivity index (χ0) is 13.6. The standard InChI is InChI=1S/C12H10N4O3/c1-15-6-8(5-13-15)16-10-3-2-7(11(17)18)4-9(10)14-12(16)19/h2-6H,1H3,(H,14,19)(H,17,18). The molecule has 1 aromatic carbocycles. The summed E-state index contributed by atoms with van der Waals surface area (Å²) in [6.07, 6.45) is 3.28. The number of aromatic nitrogens is 4. The Bertz CT molecular complexity index is 840. The smallest absolute Gasteiger partial charge is 0.335 e. The molecule has 3 aromatic rings. The maximum atomic E-state index is 12.0. The fourth-order valence-corrected chi connectivity index (χ4v) is 2.02. The number of hydrogen-bond donors (Lipinski definition) is 2. The van der Waals surface area contributed by atoms with Gasteiger partial charge in [-0.05, 0) is 18.2 Å². The van der Waals surface area contributed by atoms with Crippen molar-refractivity contribution in [1.29, 1.82) is 0 Å². The number of imidazole rings is 1. The van der Waals surface area contributed by atoms with Crippen LogP contribution in [-0.2, 0) is 7.05 Å². The minimum absolute atomic E-state index is 0.132. The highest BCUT2D eigenvalue weighted by Crippen LogP contribution is 2.16. The predicted octanol–water partition coefficient (Wildman–Crippen LogP) is 0.750. The van der Waals surface area contributed by atoms with Gasteiger partial charge in [0.1, 0.15) is 0 Å². The summed E-state index contributed by atoms with van der Waals surface area (Å²) in [6.45, 7) is 0. The van der Waals surface area contributed by atoms with Crippen LogP contribution < -0.4 is 5.69 Å². The third kappa shape index (κ3) is 1.71. The van der Waals surface area contributed by atoms with Crippen LogP contribution in [0.4, 0.5) is 0 Å². The highest BCUT2D eigenvalue weighted by molar-refractivity contribution is 5.92. The summed E-state index contributed by atoms with van der Waals surface area (Å²) in [5.74, 6) is -1.03. The Morgan fingerprint density at radius 2 is 2.21 bits per heavy atom. The van der Waals surface area contributed by atoms with Crippen LogP contribution in [0.15, 0.2) is 35.4 Å². The number of carbonyl (C=O) groups is 1. The molecule has 0 saturated heterocycles. The topological polar surface area (TPSA) is 92.9 Å². The molecule has 2 heterocycles. The third-order valence-corrected chi connectivity index (χ3v) is 2.88. The SMILES string of the molecule is Cn1cc(-n2c(=O)[nH]c3cc(C(=O)O)ccc32)cn1. The second kappa shape index (κ2) is 3.84. The molecular formula is C12H10N4O3. The van der Waals surface area contributed by atoms with E-state index in [0.717, 1.165) is 0 Å². The third-order valence-electron chi connectivity index (χ3n) is 2.88. The molecule has 0 amide bonds. The largest absolute Gasteiger partial charge is 0.478 e. The lowest BCUT2D eigenvalue weighted by Crippen LogP contribution is -2.13. The summed E-state index contributed by atoms with van der Waals surface area (Å²) in [5.41, 5.74) is 1.52. The molecule has 0 bridgehead atoms. The monoisotopic (exact) mass is 258 g/mol. The lowest BCUT2D eigenvalue weighted by molar-refractivity contribution is 0.0697. The maximum Gasteiger partial charge on any atom is 0.335 e. The first kappa shape index (κ1) is 11.3. The van der Waals surface area contributed by atoms with Crippen LogP contribution in [0.3, 0.4) is 0 Å². The van der Waals surface area contributed by atoms with Crippen LogP contribution in [0.2, 0.25) is 0 Å². The number of fused-ring (bicyclic) bond motifs is 1. The summed E-state index contributed by atoms with van der Waals surface area (Å²) in [7, 11) is 1.76. The quantitative estimate of drug-likeness (QED) is 0.709. The molecular weight excluding hydrogens is 248 g/mol. The number of aromatic amines is 1. The fraction of sp³-hybridized carbons (Fsp3) is 0.0833. The van der Waals surface area contributed by atoms with E-state index in [1.807, 2.05) is 0 Å². The Hall–Kier alpha value is -2.83. The second-order valence-corrected chi connectivity index (χ2v) is 4.17. The molecule has 0 unspecified atom stereocenters. The zero-order valence-electron chi connectivity index (χ0n) is 9.99. The van der Waals surface area contributed by atoms with E-state index in [4.69, 9.17) is 5.11 Å². The number of nitrogens with one attached hydrogen (secondary N) is 1. The predicted molar refractivity (Wildman–Crippen MR) is 67.6 cm³/mol. The molecule has 0 aliphatic carbocycles. The van der Waals surface area contributed by atoms with Gasteiger partial charge in [0, 0.05) is 13.2 Å². The van der Waals surface area contributed by atoms with Crippen LogP contribution in [-0.4, -0.2) is 30.4 Å². The van der Waals surface area contributed by atoms with Crippen molar-refractivity contribution in [3.8, 4) is 5.69 Å². The molecule has 7 heteroatoms. The molecule has 19 heavy (non-hydrogen) atoms. The Morgan fingerprint density at radius 1 is 1.42 bits per heavy atom. The molecule has 96 valence electrons. The first-order valence-corrected chi connectivity index (χ1v) is 5.53. The lowest BCUT2D eigenvalue weighted by atomic mass is 10.2. The van der Waals surface area contributed by atoms with E-state index in [1.165, 1.54) is 16.7 Å². The van der Waals surface area contributed by atoms with Crippen molar-refractivity contribution in [1.82, 2.24) is 19.3 Å². The van der Waals surface area contributed by atoms with Crippen molar-refractivity contribution in [3.05, 3.63) is 46.6 Å². The molecule has 0 aliphatic heterocycles. The minimum atomic E-state index is -1.03. The molecule has 0 saturated carbocycles. The van der Waals surface area contributed by atoms with Crippen LogP contribution >= 0.6 is 0 Å². The van der Waals surface area contributed by atoms with Crippen molar-refractivity contribution in [2.24, 2.45) is 7.05 Å². The normalized spacial score (nSPS) is 11.0. The summed E-state index contributed by atoms with van der Waals surface area (Å²) >= 11 is 0. The summed E-state index contributed by atoms with van der Waals surface area (Å²) in [5, 5.41) is 12.9. The van der Waals surface area contributed by atoms with E-state index in [2.05, 4.69) is 10.1 Å². The van der Waals surface area contributed by atoms with Crippen molar-refractivity contribution in [2.45, 2.75) is 0 Å². The number of benzene rings is 1. The van der Waals surface area contributed by atoms with Gasteiger partial charge in [-0.3, -0.25) is 9.25 Å². The average Bonchev–Trinajstić information content (AvgIpc) is 2.90. The lowest BCUT2D eigenvalue weighted by Gasteiger charge is -1.99. The molecule has 7 nitrogen and oxygen atoms in total. The van der Waals surface area contributed by atoms with Crippen LogP contribution in [0, 0.1) is 0 Å². The number of aromatic carboxylic acids is 1. The first-order chi connectivity index (χ1) is 9.06. The van der Waals surface area contributed by atoms with Gasteiger partial charge in [0.05, 0.1) is 28.5 Å². The Kier molecular flexibility index (Phi) is 2.28. The van der Waals surface area contributed by atoms with Gasteiger partial charge in [-0.15, -0.1) is 0 Å². The minimum Gasteiger partial charge on any atom is -0.478 e. The van der Waals surface area contributed by atoms with E-state index in [0.29, 0.717) is 16.7 Å². The number of aryl methyl sites for hydroxylation is 1. The number of carboxylic acids is 1. The van der Waals surface area contributed by atoms with Crippen molar-refractivity contribution in [2.75, 3.05) is 0 Å². The van der Waals surface area contributed by atoms with Crippen molar-refractivity contribution >= 4 is 17.0 Å². The second-order valence-electron chi connectivity index (χ2n) is 4.17. The first-order valence-electron chi connectivity index (χ1n) is 5.53. The van der Waals surface area contributed by atoms with E-state index in [9.17, 15) is 9.59 Å². The van der Waals surface area contributed by atoms with Crippen LogP contribution in [0.1, 0.15) is 10.4 Å². The number of hydrogen-bond acceptors (Lipinski definition) is 3. The molecule has 0 radical (unpaired) electrons. The highest BCUT2D eigenvalue weighted by Gasteiger charge is 2.12. The van der Waals surface area contributed by atoms with E-state index in [-0.39, 0.29) is 11.3 Å². The van der Waals surface area contributed by atoms with Crippen molar-refractivity contribution < 1.29 is 9.90 Å². The fourth-order valence-electron chi connectivity index (χ4n) is 2.02. The van der Waals surface area contributed by atoms with E-state index >= 15 is 0 Å². The molecule has 0 fully saturated rings. The molecule has 2 N–H and O–H groups in total. The Labute approximate surface area is 106 Å². The number of H-pyrrole nitrogens is 1. The summed E-state index contributed by atoms with van der Waals surface area (Å²) in [4.78, 5) is 25.5. The number of carboxylic acid groups (broad SMARTS) is 1. The Balaban J connectivity index is 2.29. The molecule has 3 rings (SSSR count). The van der Waals surface area contributed by atoms with Gasteiger partial charge in [0.2, 0.25) is 0 Å². The van der Waals surface area contributed by atoms with Gasteiger partial charge in [-0.2, -0.15) is 5.10 Å². The molecule has 0 atom stereocenters. The van der Waals surface area contributed by atoms with Crippen molar-refractivity contribution in [3.63, 3.8) is 0 Å². The summed E-state index contributed by atoms with van der Waals surface area (Å²) < 4.78 is 3.04. The number of rotatable bonds is 2. The molecule has 0 spiro atoms. The van der Waals surface area contributed by atoms with Gasteiger partial charge in [-0.25, -0.2) is 9.59 Å². The molecule has 2 aromatic heterocycles. The zero-order valence-corrected chi connectivity index (χ0v) is 9.99. The van der Waals surface area contributed by atoms with E-state index < -0.39 is 5.97 Å². The van der Waals surface area contributed by atoms with Crippen LogP contribution in [0.25, 0.3) is 16.7 Å².